The van der Waals surface area contributed by atoms with Gasteiger partial charge in [-0.05, 0) is 55.3 Å². The summed E-state index contributed by atoms with van der Waals surface area (Å²) in [6, 6.07) is 6.90. The summed E-state index contributed by atoms with van der Waals surface area (Å²) >= 11 is 0. The Balaban J connectivity index is 2.11. The third kappa shape index (κ3) is 3.83. The highest BCUT2D eigenvalue weighted by molar-refractivity contribution is 5.19. The minimum atomic E-state index is -0.166. The van der Waals surface area contributed by atoms with Crippen LogP contribution in [0.5, 0.6) is 0 Å². The first-order valence-corrected chi connectivity index (χ1v) is 7.94. The van der Waals surface area contributed by atoms with Crippen LogP contribution in [0.2, 0.25) is 0 Å². The molecule has 1 fully saturated rings. The Labute approximate surface area is 128 Å². The van der Waals surface area contributed by atoms with Crippen LogP contribution in [0.15, 0.2) is 24.3 Å². The molecule has 1 saturated heterocycles. The van der Waals surface area contributed by atoms with Gasteiger partial charge in [-0.15, -0.1) is 0 Å². The fraction of sp³-hybridized carbons (Fsp3) is 0.667. The second-order valence-electron chi connectivity index (χ2n) is 7.81. The van der Waals surface area contributed by atoms with Gasteiger partial charge in [0.25, 0.3) is 0 Å². The molecule has 0 aromatic heterocycles. The summed E-state index contributed by atoms with van der Waals surface area (Å²) in [5.74, 6) is 0.539. The summed E-state index contributed by atoms with van der Waals surface area (Å²) in [5.41, 5.74) is 7.37. The van der Waals surface area contributed by atoms with E-state index in [0.29, 0.717) is 17.9 Å². The number of hydrogen-bond donors (Lipinski definition) is 1. The lowest BCUT2D eigenvalue weighted by Gasteiger charge is -2.39. The van der Waals surface area contributed by atoms with E-state index in [9.17, 15) is 4.39 Å². The van der Waals surface area contributed by atoms with Crippen molar-refractivity contribution in [3.8, 4) is 0 Å². The van der Waals surface area contributed by atoms with Crippen LogP contribution in [0.25, 0.3) is 0 Å². The molecular weight excluding hydrogens is 263 g/mol. The molecule has 0 saturated carbocycles. The first-order valence-electron chi connectivity index (χ1n) is 7.94. The highest BCUT2D eigenvalue weighted by atomic mass is 19.1. The largest absolute Gasteiger partial charge is 0.329 e. The molecule has 0 bridgehead atoms. The normalized spacial score (nSPS) is 23.2. The van der Waals surface area contributed by atoms with Gasteiger partial charge in [-0.1, -0.05) is 32.9 Å². The maximum atomic E-state index is 13.4. The van der Waals surface area contributed by atoms with Crippen LogP contribution in [-0.4, -0.2) is 30.1 Å². The van der Waals surface area contributed by atoms with Crippen molar-refractivity contribution in [2.45, 2.75) is 46.1 Å². The van der Waals surface area contributed by atoms with Crippen LogP contribution in [0, 0.1) is 17.2 Å². The van der Waals surface area contributed by atoms with Crippen LogP contribution in [0.1, 0.15) is 39.7 Å². The number of nitrogens with two attached hydrogens (primary N) is 1. The Morgan fingerprint density at radius 3 is 2.52 bits per heavy atom. The molecule has 0 aliphatic carbocycles. The summed E-state index contributed by atoms with van der Waals surface area (Å²) in [6.45, 7) is 11.9. The minimum Gasteiger partial charge on any atom is -0.329 e. The lowest BCUT2D eigenvalue weighted by Crippen LogP contribution is -2.52. The second kappa shape index (κ2) is 6.05. The fourth-order valence-electron chi connectivity index (χ4n) is 3.36. The van der Waals surface area contributed by atoms with Crippen molar-refractivity contribution in [1.29, 1.82) is 0 Å². The molecule has 0 spiro atoms. The van der Waals surface area contributed by atoms with Crippen molar-refractivity contribution in [2.75, 3.05) is 19.6 Å². The Morgan fingerprint density at radius 1 is 1.29 bits per heavy atom. The van der Waals surface area contributed by atoms with Crippen molar-refractivity contribution in [3.63, 3.8) is 0 Å². The highest BCUT2D eigenvalue weighted by Crippen LogP contribution is 2.37. The summed E-state index contributed by atoms with van der Waals surface area (Å²) in [6.07, 6.45) is 2.03. The van der Waals surface area contributed by atoms with Gasteiger partial charge in [0, 0.05) is 18.6 Å². The molecule has 1 aromatic carbocycles. The first-order chi connectivity index (χ1) is 9.74. The Bertz CT molecular complexity index is 480. The zero-order valence-corrected chi connectivity index (χ0v) is 13.8. The molecule has 21 heavy (non-hydrogen) atoms. The Hall–Kier alpha value is -0.930. The molecule has 2 rings (SSSR count). The number of likely N-dealkylation sites (tertiary alicyclic amines) is 1. The van der Waals surface area contributed by atoms with Crippen LogP contribution >= 0.6 is 0 Å². The van der Waals surface area contributed by atoms with Crippen LogP contribution in [-0.2, 0) is 6.42 Å². The minimum absolute atomic E-state index is 0.0895. The molecule has 2 atom stereocenters. The standard InChI is InChI=1S/C18H29FN2/c1-17(2,3)15-8-9-21(12-15)18(4,13-20)11-14-6-5-7-16(19)10-14/h5-7,10,15H,8-9,11-13,20H2,1-4H3. The van der Waals surface area contributed by atoms with Gasteiger partial charge >= 0.3 is 0 Å². The number of benzene rings is 1. The zero-order valence-electron chi connectivity index (χ0n) is 13.8. The molecular formula is C18H29FN2. The molecule has 2 nitrogen and oxygen atoms in total. The van der Waals surface area contributed by atoms with E-state index in [2.05, 4.69) is 32.6 Å². The fourth-order valence-corrected chi connectivity index (χ4v) is 3.36. The maximum absolute atomic E-state index is 13.4. The van der Waals surface area contributed by atoms with E-state index < -0.39 is 0 Å². The second-order valence-corrected chi connectivity index (χ2v) is 7.81. The molecule has 3 heteroatoms. The zero-order chi connectivity index (χ0) is 15.7. The first kappa shape index (κ1) is 16.4. The van der Waals surface area contributed by atoms with Crippen LogP contribution in [0.4, 0.5) is 4.39 Å². The van der Waals surface area contributed by atoms with Gasteiger partial charge in [-0.2, -0.15) is 0 Å². The highest BCUT2D eigenvalue weighted by Gasteiger charge is 2.39. The van der Waals surface area contributed by atoms with Crippen molar-refractivity contribution in [2.24, 2.45) is 17.1 Å². The summed E-state index contributed by atoms with van der Waals surface area (Å²) in [5, 5.41) is 0. The number of nitrogens with zero attached hydrogens (tertiary/aromatic N) is 1. The van der Waals surface area contributed by atoms with E-state index in [4.69, 9.17) is 5.73 Å². The SMILES string of the molecule is CC(C)(C)C1CCN(C(C)(CN)Cc2cccc(F)c2)C1. The molecule has 1 aliphatic heterocycles. The molecule has 118 valence electrons. The molecule has 1 aromatic rings. The quantitative estimate of drug-likeness (QED) is 0.921. The van der Waals surface area contributed by atoms with Gasteiger partial charge in [-0.25, -0.2) is 4.39 Å². The molecule has 1 aliphatic rings. The lowest BCUT2D eigenvalue weighted by atomic mass is 9.80. The third-order valence-electron chi connectivity index (χ3n) is 5.09. The van der Waals surface area contributed by atoms with E-state index in [1.165, 1.54) is 12.5 Å². The molecule has 0 radical (unpaired) electrons. The molecule has 2 unspecified atom stereocenters. The van der Waals surface area contributed by atoms with Crippen LogP contribution in [0.3, 0.4) is 0 Å². The number of hydrogen-bond acceptors (Lipinski definition) is 2. The number of halogens is 1. The lowest BCUT2D eigenvalue weighted by molar-refractivity contribution is 0.123. The van der Waals surface area contributed by atoms with Gasteiger partial charge in [0.1, 0.15) is 5.82 Å². The molecule has 0 amide bonds. The Kier molecular flexibility index (Phi) is 4.74. The van der Waals surface area contributed by atoms with Gasteiger partial charge in [0.05, 0.1) is 0 Å². The van der Waals surface area contributed by atoms with E-state index >= 15 is 0 Å². The van der Waals surface area contributed by atoms with E-state index in [0.717, 1.165) is 25.1 Å². The smallest absolute Gasteiger partial charge is 0.123 e. The number of rotatable bonds is 4. The van der Waals surface area contributed by atoms with Crippen molar-refractivity contribution >= 4 is 0 Å². The molecule has 2 N–H and O–H groups in total. The average Bonchev–Trinajstić information content (AvgIpc) is 2.88. The predicted molar refractivity (Wildman–Crippen MR) is 86.7 cm³/mol. The van der Waals surface area contributed by atoms with E-state index in [-0.39, 0.29) is 11.4 Å². The van der Waals surface area contributed by atoms with E-state index in [1.807, 2.05) is 6.07 Å². The summed E-state index contributed by atoms with van der Waals surface area (Å²) in [7, 11) is 0. The Morgan fingerprint density at radius 2 is 2.00 bits per heavy atom. The topological polar surface area (TPSA) is 29.3 Å². The van der Waals surface area contributed by atoms with Gasteiger partial charge in [-0.3, -0.25) is 4.90 Å². The maximum Gasteiger partial charge on any atom is 0.123 e. The van der Waals surface area contributed by atoms with Gasteiger partial charge in [0.2, 0.25) is 0 Å². The monoisotopic (exact) mass is 292 g/mol. The van der Waals surface area contributed by atoms with Gasteiger partial charge < -0.3 is 5.73 Å². The summed E-state index contributed by atoms with van der Waals surface area (Å²) < 4.78 is 13.4. The van der Waals surface area contributed by atoms with Crippen LogP contribution < -0.4 is 5.73 Å². The predicted octanol–water partition coefficient (Wildman–Crippen LogP) is 3.45. The van der Waals surface area contributed by atoms with E-state index in [1.54, 1.807) is 12.1 Å². The summed E-state index contributed by atoms with van der Waals surface area (Å²) in [4.78, 5) is 2.51. The van der Waals surface area contributed by atoms with Crippen molar-refractivity contribution < 1.29 is 4.39 Å². The third-order valence-corrected chi connectivity index (χ3v) is 5.09. The van der Waals surface area contributed by atoms with Gasteiger partial charge in [0.15, 0.2) is 0 Å². The van der Waals surface area contributed by atoms with Crippen molar-refractivity contribution in [1.82, 2.24) is 4.90 Å². The molecule has 1 heterocycles. The average molecular weight is 292 g/mol. The van der Waals surface area contributed by atoms with Crippen molar-refractivity contribution in [3.05, 3.63) is 35.6 Å².